The molecule has 0 saturated carbocycles. The number of halogens is 1. The number of carbonyl (C=O) groups excluding carboxylic acids is 1. The first-order valence-corrected chi connectivity index (χ1v) is 9.12. The second kappa shape index (κ2) is 10.1. The maximum atomic E-state index is 13.6. The van der Waals surface area contributed by atoms with Crippen LogP contribution >= 0.6 is 0 Å². The van der Waals surface area contributed by atoms with Gasteiger partial charge in [0.15, 0.2) is 0 Å². The molecule has 3 aromatic carbocycles. The second-order valence-electron chi connectivity index (χ2n) is 6.25. The van der Waals surface area contributed by atoms with Crippen LogP contribution in [0.15, 0.2) is 71.8 Å². The first-order valence-electron chi connectivity index (χ1n) is 9.12. The number of hydrogen-bond donors (Lipinski definition) is 1. The molecular weight excluding hydrogens is 387 g/mol. The van der Waals surface area contributed by atoms with E-state index < -0.39 is 5.91 Å². The fraction of sp³-hybridized carbons (Fsp3) is 0.130. The van der Waals surface area contributed by atoms with Crippen LogP contribution in [0.4, 0.5) is 4.39 Å². The predicted octanol–water partition coefficient (Wildman–Crippen LogP) is 4.19. The third kappa shape index (κ3) is 5.57. The van der Waals surface area contributed by atoms with Crippen LogP contribution in [0, 0.1) is 5.82 Å². The van der Waals surface area contributed by atoms with Gasteiger partial charge in [0, 0.05) is 17.2 Å². The van der Waals surface area contributed by atoms with Crippen LogP contribution in [0.3, 0.4) is 0 Å². The van der Waals surface area contributed by atoms with Crippen molar-refractivity contribution in [3.8, 4) is 17.2 Å². The van der Waals surface area contributed by atoms with Crippen molar-refractivity contribution >= 4 is 12.1 Å². The molecular formula is C23H21FN2O4. The molecule has 6 nitrogen and oxygen atoms in total. The molecule has 1 N–H and O–H groups in total. The summed E-state index contributed by atoms with van der Waals surface area (Å²) >= 11 is 0. The van der Waals surface area contributed by atoms with Gasteiger partial charge < -0.3 is 14.2 Å². The quantitative estimate of drug-likeness (QED) is 0.448. The lowest BCUT2D eigenvalue weighted by Crippen LogP contribution is -2.17. The van der Waals surface area contributed by atoms with E-state index in [0.29, 0.717) is 28.4 Å². The molecule has 3 aromatic rings. The molecule has 0 aliphatic rings. The highest BCUT2D eigenvalue weighted by Crippen LogP contribution is 2.22. The molecule has 0 spiro atoms. The zero-order valence-electron chi connectivity index (χ0n) is 16.6. The molecule has 0 unspecified atom stereocenters. The van der Waals surface area contributed by atoms with Gasteiger partial charge in [0.25, 0.3) is 5.91 Å². The van der Waals surface area contributed by atoms with Gasteiger partial charge in [-0.2, -0.15) is 5.10 Å². The van der Waals surface area contributed by atoms with Crippen molar-refractivity contribution in [3.05, 3.63) is 89.2 Å². The maximum Gasteiger partial charge on any atom is 0.271 e. The van der Waals surface area contributed by atoms with E-state index in [1.165, 1.54) is 26.5 Å². The van der Waals surface area contributed by atoms with Crippen molar-refractivity contribution in [3.63, 3.8) is 0 Å². The number of ether oxygens (including phenoxy) is 3. The van der Waals surface area contributed by atoms with Crippen LogP contribution in [-0.2, 0) is 6.61 Å². The van der Waals surface area contributed by atoms with Crippen LogP contribution in [0.1, 0.15) is 21.5 Å². The molecule has 1 amide bonds. The van der Waals surface area contributed by atoms with Crippen molar-refractivity contribution < 1.29 is 23.4 Å². The van der Waals surface area contributed by atoms with Gasteiger partial charge in [-0.25, -0.2) is 9.82 Å². The molecule has 0 aromatic heterocycles. The Bertz CT molecular complexity index is 1010. The summed E-state index contributed by atoms with van der Waals surface area (Å²) in [6.07, 6.45) is 1.51. The molecule has 0 aliphatic carbocycles. The van der Waals surface area contributed by atoms with Crippen molar-refractivity contribution in [2.24, 2.45) is 5.10 Å². The first-order chi connectivity index (χ1) is 14.6. The minimum atomic E-state index is -0.395. The first kappa shape index (κ1) is 20.9. The van der Waals surface area contributed by atoms with Crippen molar-refractivity contribution in [1.82, 2.24) is 5.43 Å². The van der Waals surface area contributed by atoms with E-state index in [4.69, 9.17) is 14.2 Å². The van der Waals surface area contributed by atoms with Gasteiger partial charge in [-0.1, -0.05) is 18.2 Å². The summed E-state index contributed by atoms with van der Waals surface area (Å²) < 4.78 is 29.5. The fourth-order valence-corrected chi connectivity index (χ4v) is 2.60. The molecule has 0 heterocycles. The van der Waals surface area contributed by atoms with Crippen molar-refractivity contribution in [1.29, 1.82) is 0 Å². The number of carbonyl (C=O) groups is 1. The van der Waals surface area contributed by atoms with Gasteiger partial charge in [0.05, 0.1) is 20.4 Å². The Morgan fingerprint density at radius 2 is 1.63 bits per heavy atom. The molecule has 0 fully saturated rings. The summed E-state index contributed by atoms with van der Waals surface area (Å²) in [5.74, 6) is 0.922. The molecule has 0 aliphatic heterocycles. The molecule has 7 heteroatoms. The number of amides is 1. The zero-order valence-corrected chi connectivity index (χ0v) is 16.6. The lowest BCUT2D eigenvalue weighted by molar-refractivity contribution is 0.0954. The summed E-state index contributed by atoms with van der Waals surface area (Å²) in [6, 6.07) is 18.4. The average molecular weight is 408 g/mol. The van der Waals surface area contributed by atoms with Gasteiger partial charge in [0.2, 0.25) is 0 Å². The van der Waals surface area contributed by atoms with Crippen LogP contribution in [0.25, 0.3) is 0 Å². The number of benzene rings is 3. The summed E-state index contributed by atoms with van der Waals surface area (Å²) in [7, 11) is 3.02. The summed E-state index contributed by atoms with van der Waals surface area (Å²) in [4.78, 5) is 12.3. The summed E-state index contributed by atoms with van der Waals surface area (Å²) in [5.41, 5.74) is 4.07. The third-order valence-electron chi connectivity index (χ3n) is 4.23. The normalized spacial score (nSPS) is 10.6. The van der Waals surface area contributed by atoms with Crippen LogP contribution in [0.5, 0.6) is 17.2 Å². The molecule has 0 atom stereocenters. The average Bonchev–Trinajstić information content (AvgIpc) is 2.79. The van der Waals surface area contributed by atoms with E-state index in [2.05, 4.69) is 10.5 Å². The Kier molecular flexibility index (Phi) is 7.00. The van der Waals surface area contributed by atoms with Crippen LogP contribution < -0.4 is 19.6 Å². The molecule has 154 valence electrons. The van der Waals surface area contributed by atoms with Gasteiger partial charge in [0.1, 0.15) is 29.7 Å². The van der Waals surface area contributed by atoms with Crippen LogP contribution in [0.2, 0.25) is 0 Å². The number of nitrogens with one attached hydrogen (secondary N) is 1. The topological polar surface area (TPSA) is 69.2 Å². The molecule has 0 saturated heterocycles. The maximum absolute atomic E-state index is 13.6. The predicted molar refractivity (Wildman–Crippen MR) is 112 cm³/mol. The molecule has 0 radical (unpaired) electrons. The van der Waals surface area contributed by atoms with E-state index >= 15 is 0 Å². The Morgan fingerprint density at radius 1 is 0.967 bits per heavy atom. The van der Waals surface area contributed by atoms with E-state index in [1.807, 2.05) is 0 Å². The number of hydrogen-bond acceptors (Lipinski definition) is 5. The Hall–Kier alpha value is -3.87. The Labute approximate surface area is 173 Å². The molecule has 3 rings (SSSR count). The smallest absolute Gasteiger partial charge is 0.271 e. The largest absolute Gasteiger partial charge is 0.497 e. The number of nitrogens with zero attached hydrogens (tertiary/aromatic N) is 1. The number of methoxy groups -OCH3 is 2. The highest BCUT2D eigenvalue weighted by atomic mass is 19.1. The standard InChI is InChI=1S/C23H21FN2O4/c1-28-20-11-18(12-21(13-20)29-2)23(27)26-25-14-16-7-9-19(10-8-16)30-15-17-5-3-4-6-22(17)24/h3-14H,15H2,1-2H3,(H,26,27)/b25-14-. The van der Waals surface area contributed by atoms with Crippen molar-refractivity contribution in [2.45, 2.75) is 6.61 Å². The van der Waals surface area contributed by atoms with E-state index in [1.54, 1.807) is 60.7 Å². The highest BCUT2D eigenvalue weighted by molar-refractivity contribution is 5.95. The van der Waals surface area contributed by atoms with Crippen molar-refractivity contribution in [2.75, 3.05) is 14.2 Å². The highest BCUT2D eigenvalue weighted by Gasteiger charge is 2.09. The summed E-state index contributed by atoms with van der Waals surface area (Å²) in [6.45, 7) is 0.139. The van der Waals surface area contributed by atoms with Gasteiger partial charge in [-0.15, -0.1) is 0 Å². The zero-order chi connectivity index (χ0) is 21.3. The van der Waals surface area contributed by atoms with E-state index in [9.17, 15) is 9.18 Å². The van der Waals surface area contributed by atoms with E-state index in [0.717, 1.165) is 5.56 Å². The summed E-state index contributed by atoms with van der Waals surface area (Å²) in [5, 5.41) is 3.97. The lowest BCUT2D eigenvalue weighted by atomic mass is 10.2. The minimum Gasteiger partial charge on any atom is -0.497 e. The van der Waals surface area contributed by atoms with Gasteiger partial charge in [-0.05, 0) is 48.0 Å². The van der Waals surface area contributed by atoms with Gasteiger partial charge >= 0.3 is 0 Å². The monoisotopic (exact) mass is 408 g/mol. The molecule has 0 bridgehead atoms. The van der Waals surface area contributed by atoms with Crippen LogP contribution in [-0.4, -0.2) is 26.3 Å². The SMILES string of the molecule is COc1cc(OC)cc(C(=O)N/N=C\c2ccc(OCc3ccccc3F)cc2)c1. The Morgan fingerprint density at radius 3 is 2.27 bits per heavy atom. The molecule has 30 heavy (non-hydrogen) atoms. The Balaban J connectivity index is 1.56. The van der Waals surface area contributed by atoms with E-state index in [-0.39, 0.29) is 12.4 Å². The lowest BCUT2D eigenvalue weighted by Gasteiger charge is -2.08. The minimum absolute atomic E-state index is 0.139. The number of hydrazone groups is 1. The van der Waals surface area contributed by atoms with Gasteiger partial charge in [-0.3, -0.25) is 4.79 Å². The number of rotatable bonds is 8. The fourth-order valence-electron chi connectivity index (χ4n) is 2.60. The second-order valence-corrected chi connectivity index (χ2v) is 6.25. The third-order valence-corrected chi connectivity index (χ3v) is 4.23.